The highest BCUT2D eigenvalue weighted by molar-refractivity contribution is 6.31. The normalized spacial score (nSPS) is 18.9. The van der Waals surface area contributed by atoms with Gasteiger partial charge in [0.15, 0.2) is 0 Å². The maximum Gasteiger partial charge on any atom is 0.333 e. The molecule has 0 N–H and O–H groups in total. The van der Waals surface area contributed by atoms with Crippen LogP contribution in [0.25, 0.3) is 0 Å². The summed E-state index contributed by atoms with van der Waals surface area (Å²) < 4.78 is 0. The molecule has 104 valence electrons. The van der Waals surface area contributed by atoms with Gasteiger partial charge < -0.3 is 4.90 Å². The van der Waals surface area contributed by atoms with Crippen molar-refractivity contribution < 1.29 is 9.59 Å². The first kappa shape index (κ1) is 15.4. The van der Waals surface area contributed by atoms with E-state index >= 15 is 0 Å². The predicted octanol–water partition coefficient (Wildman–Crippen LogP) is 2.77. The maximum atomic E-state index is 12.1. The lowest BCUT2D eigenvalue weighted by Gasteiger charge is -2.16. The quantitative estimate of drug-likeness (QED) is 0.745. The number of imide groups is 1. The van der Waals surface area contributed by atoms with Crippen molar-refractivity contribution in [1.29, 1.82) is 0 Å². The molecular formula is C13H18ClN3O2. The first-order valence-electron chi connectivity index (χ1n) is 5.59. The van der Waals surface area contributed by atoms with Gasteiger partial charge in [-0.15, -0.1) is 0 Å². The molecule has 19 heavy (non-hydrogen) atoms. The number of amides is 3. The van der Waals surface area contributed by atoms with E-state index < -0.39 is 6.04 Å². The Kier molecular flexibility index (Phi) is 4.20. The van der Waals surface area contributed by atoms with Gasteiger partial charge in [-0.3, -0.25) is 4.79 Å². The number of anilines is 1. The fraction of sp³-hybridized carbons (Fsp3) is 0.462. The maximum absolute atomic E-state index is 12.1. The van der Waals surface area contributed by atoms with Crippen LogP contribution < -0.4 is 4.90 Å². The van der Waals surface area contributed by atoms with E-state index in [0.29, 0.717) is 22.1 Å². The van der Waals surface area contributed by atoms with Gasteiger partial charge in [0.2, 0.25) is 0 Å². The van der Waals surface area contributed by atoms with Crippen LogP contribution in [0.3, 0.4) is 0 Å². The average Bonchev–Trinajstić information content (AvgIpc) is 2.50. The van der Waals surface area contributed by atoms with Gasteiger partial charge in [-0.2, -0.15) is 0 Å². The number of likely N-dealkylation sites (N-methyl/N-ethyl adjacent to an activating group) is 1. The lowest BCUT2D eigenvalue weighted by molar-refractivity contribution is -0.119. The van der Waals surface area contributed by atoms with Gasteiger partial charge in [0.1, 0.15) is 11.9 Å². The average molecular weight is 284 g/mol. The molecule has 1 aliphatic heterocycles. The zero-order valence-electron chi connectivity index (χ0n) is 10.7. The first-order chi connectivity index (χ1) is 8.34. The minimum Gasteiger partial charge on any atom is -0.315 e. The van der Waals surface area contributed by atoms with Gasteiger partial charge in [-0.25, -0.2) is 14.7 Å². The van der Waals surface area contributed by atoms with E-state index in [1.54, 1.807) is 33.9 Å². The van der Waals surface area contributed by atoms with Gasteiger partial charge in [0.05, 0.1) is 10.7 Å². The third kappa shape index (κ3) is 2.30. The third-order valence-electron chi connectivity index (χ3n) is 3.18. The zero-order valence-corrected chi connectivity index (χ0v) is 11.4. The fourth-order valence-corrected chi connectivity index (χ4v) is 2.06. The molecule has 3 amide bonds. The zero-order chi connectivity index (χ0) is 13.6. The van der Waals surface area contributed by atoms with Crippen LogP contribution in [-0.2, 0) is 4.79 Å². The highest BCUT2D eigenvalue weighted by Crippen LogP contribution is 2.28. The molecule has 0 bridgehead atoms. The van der Waals surface area contributed by atoms with E-state index in [-0.39, 0.29) is 19.4 Å². The summed E-state index contributed by atoms with van der Waals surface area (Å²) in [5.41, 5.74) is 1.30. The van der Waals surface area contributed by atoms with Crippen molar-refractivity contribution >= 4 is 29.4 Å². The molecular weight excluding hydrogens is 266 g/mol. The number of pyridine rings is 1. The Bertz CT molecular complexity index is 525. The molecule has 1 unspecified atom stereocenters. The fourth-order valence-electron chi connectivity index (χ4n) is 1.85. The summed E-state index contributed by atoms with van der Waals surface area (Å²) in [6, 6.07) is 0.891. The minimum absolute atomic E-state index is 0. The lowest BCUT2D eigenvalue weighted by atomic mass is 10.2. The van der Waals surface area contributed by atoms with Crippen molar-refractivity contribution in [3.8, 4) is 0 Å². The van der Waals surface area contributed by atoms with E-state index in [4.69, 9.17) is 11.6 Å². The summed E-state index contributed by atoms with van der Waals surface area (Å²) in [7, 11) is 1.60. The smallest absolute Gasteiger partial charge is 0.315 e. The number of hydrogen-bond acceptors (Lipinski definition) is 3. The summed E-state index contributed by atoms with van der Waals surface area (Å²) in [6.45, 7) is 5.21. The van der Waals surface area contributed by atoms with Crippen LogP contribution >= 0.6 is 11.6 Å². The molecule has 0 radical (unpaired) electrons. The topological polar surface area (TPSA) is 53.5 Å². The van der Waals surface area contributed by atoms with Gasteiger partial charge in [0, 0.05) is 7.05 Å². The van der Waals surface area contributed by atoms with E-state index in [1.165, 1.54) is 4.90 Å². The number of urea groups is 1. The van der Waals surface area contributed by atoms with Crippen LogP contribution in [0.4, 0.5) is 10.6 Å². The van der Waals surface area contributed by atoms with Gasteiger partial charge >= 0.3 is 6.03 Å². The van der Waals surface area contributed by atoms with Crippen LogP contribution in [0, 0.1) is 13.8 Å². The molecule has 0 aliphatic carbocycles. The van der Waals surface area contributed by atoms with Crippen molar-refractivity contribution in [3.05, 3.63) is 22.3 Å². The Balaban J connectivity index is 0.00000180. The number of hydrogen-bond donors (Lipinski definition) is 0. The van der Waals surface area contributed by atoms with Gasteiger partial charge in [0.25, 0.3) is 5.91 Å². The second kappa shape index (κ2) is 5.17. The number of carbonyl (C=O) groups excluding carboxylic acids is 2. The molecule has 1 aromatic heterocycles. The summed E-state index contributed by atoms with van der Waals surface area (Å²) in [5.74, 6) is 0.0999. The number of aryl methyl sites for hydroxylation is 2. The van der Waals surface area contributed by atoms with Gasteiger partial charge in [-0.05, 0) is 32.4 Å². The van der Waals surface area contributed by atoms with Crippen LogP contribution in [0.1, 0.15) is 25.6 Å². The first-order valence-corrected chi connectivity index (χ1v) is 5.97. The predicted molar refractivity (Wildman–Crippen MR) is 75.6 cm³/mol. The van der Waals surface area contributed by atoms with Crippen LogP contribution in [-0.4, -0.2) is 34.9 Å². The summed E-state index contributed by atoms with van der Waals surface area (Å²) in [6.07, 6.45) is 0. The molecule has 0 spiro atoms. The molecule has 1 atom stereocenters. The molecule has 1 aliphatic rings. The molecule has 1 aromatic rings. The molecule has 2 heterocycles. The minimum atomic E-state index is -0.463. The molecule has 1 fully saturated rings. The molecule has 2 rings (SSSR count). The Morgan fingerprint density at radius 1 is 1.32 bits per heavy atom. The highest BCUT2D eigenvalue weighted by atomic mass is 35.5. The van der Waals surface area contributed by atoms with Crippen molar-refractivity contribution in [1.82, 2.24) is 9.88 Å². The summed E-state index contributed by atoms with van der Waals surface area (Å²) in [4.78, 5) is 30.9. The van der Waals surface area contributed by atoms with Crippen molar-refractivity contribution in [2.24, 2.45) is 0 Å². The second-order valence-corrected chi connectivity index (χ2v) is 4.85. The third-order valence-corrected chi connectivity index (χ3v) is 3.56. The van der Waals surface area contributed by atoms with Gasteiger partial charge in [-0.1, -0.05) is 19.0 Å². The lowest BCUT2D eigenvalue weighted by Crippen LogP contribution is -2.33. The Labute approximate surface area is 118 Å². The van der Waals surface area contributed by atoms with Crippen LogP contribution in [0.15, 0.2) is 6.07 Å². The standard InChI is InChI=1S/C12H14ClN3O2.CH4/c1-6-5-9(13)7(2)14-10(6)16-11(17)8(3)15(4)12(16)18;/h5,8H,1-4H3;1H4. The largest absolute Gasteiger partial charge is 0.333 e. The van der Waals surface area contributed by atoms with Crippen LogP contribution in [0.5, 0.6) is 0 Å². The van der Waals surface area contributed by atoms with E-state index in [0.717, 1.165) is 4.90 Å². The molecule has 5 nitrogen and oxygen atoms in total. The molecule has 6 heteroatoms. The number of halogens is 1. The monoisotopic (exact) mass is 283 g/mol. The number of carbonyl (C=O) groups is 2. The van der Waals surface area contributed by atoms with Crippen LogP contribution in [0.2, 0.25) is 5.02 Å². The Hall–Kier alpha value is -1.62. The molecule has 0 aromatic carbocycles. The van der Waals surface area contributed by atoms with Crippen molar-refractivity contribution in [3.63, 3.8) is 0 Å². The van der Waals surface area contributed by atoms with Crippen molar-refractivity contribution in [2.45, 2.75) is 34.2 Å². The Morgan fingerprint density at radius 2 is 1.89 bits per heavy atom. The molecule has 1 saturated heterocycles. The number of nitrogens with zero attached hydrogens (tertiary/aromatic N) is 3. The Morgan fingerprint density at radius 3 is 2.37 bits per heavy atom. The highest BCUT2D eigenvalue weighted by Gasteiger charge is 2.42. The summed E-state index contributed by atoms with van der Waals surface area (Å²) in [5, 5.41) is 0.525. The van der Waals surface area contributed by atoms with E-state index in [9.17, 15) is 9.59 Å². The number of aromatic nitrogens is 1. The van der Waals surface area contributed by atoms with E-state index in [2.05, 4.69) is 4.98 Å². The summed E-state index contributed by atoms with van der Waals surface area (Å²) >= 11 is 5.96. The number of rotatable bonds is 1. The second-order valence-electron chi connectivity index (χ2n) is 4.44. The SMILES string of the molecule is C.Cc1cc(Cl)c(C)nc1N1C(=O)C(C)N(C)C1=O. The van der Waals surface area contributed by atoms with Crippen molar-refractivity contribution in [2.75, 3.05) is 11.9 Å². The molecule has 0 saturated carbocycles. The van der Waals surface area contributed by atoms with E-state index in [1.807, 2.05) is 0 Å².